The van der Waals surface area contributed by atoms with E-state index in [2.05, 4.69) is 32.5 Å². The number of rotatable bonds is 10. The van der Waals surface area contributed by atoms with Gasteiger partial charge in [-0.1, -0.05) is 44.5 Å². The molecule has 0 saturated carbocycles. The molecule has 0 atom stereocenters. The highest BCUT2D eigenvalue weighted by atomic mass is 16.5. The van der Waals surface area contributed by atoms with E-state index in [0.29, 0.717) is 30.5 Å². The fourth-order valence-electron chi connectivity index (χ4n) is 3.52. The van der Waals surface area contributed by atoms with Gasteiger partial charge in [0, 0.05) is 23.2 Å². The minimum absolute atomic E-state index is 0.355. The molecule has 2 heterocycles. The molecule has 8 nitrogen and oxygen atoms in total. The van der Waals surface area contributed by atoms with Gasteiger partial charge < -0.3 is 14.8 Å². The van der Waals surface area contributed by atoms with E-state index < -0.39 is 6.09 Å². The summed E-state index contributed by atoms with van der Waals surface area (Å²) in [6.07, 6.45) is 7.32. The number of nitrogens with one attached hydrogen (secondary N) is 2. The zero-order valence-electron chi connectivity index (χ0n) is 20.0. The van der Waals surface area contributed by atoms with Crippen molar-refractivity contribution < 1.29 is 14.3 Å². The van der Waals surface area contributed by atoms with Crippen LogP contribution in [0.5, 0.6) is 5.75 Å². The van der Waals surface area contributed by atoms with Crippen LogP contribution in [0.1, 0.15) is 37.9 Å². The van der Waals surface area contributed by atoms with Crippen molar-refractivity contribution in [1.82, 2.24) is 15.0 Å². The van der Waals surface area contributed by atoms with Crippen LogP contribution >= 0.6 is 0 Å². The summed E-state index contributed by atoms with van der Waals surface area (Å²) >= 11 is 0. The van der Waals surface area contributed by atoms with E-state index in [9.17, 15) is 4.79 Å². The van der Waals surface area contributed by atoms with Gasteiger partial charge in [-0.3, -0.25) is 10.3 Å². The van der Waals surface area contributed by atoms with Crippen LogP contribution in [0.2, 0.25) is 0 Å². The van der Waals surface area contributed by atoms with E-state index in [4.69, 9.17) is 9.47 Å². The molecule has 180 valence electrons. The minimum Gasteiger partial charge on any atom is -0.488 e. The first-order valence-electron chi connectivity index (χ1n) is 11.8. The first-order chi connectivity index (χ1) is 17.2. The number of hydrogen-bond donors (Lipinski definition) is 2. The van der Waals surface area contributed by atoms with E-state index in [-0.39, 0.29) is 0 Å². The van der Waals surface area contributed by atoms with Crippen molar-refractivity contribution in [2.75, 3.05) is 17.2 Å². The summed E-state index contributed by atoms with van der Waals surface area (Å²) in [4.78, 5) is 25.2. The number of ether oxygens (including phenoxy) is 2. The Morgan fingerprint density at radius 1 is 1.00 bits per heavy atom. The molecule has 4 rings (SSSR count). The van der Waals surface area contributed by atoms with Crippen LogP contribution in [0.25, 0.3) is 10.8 Å². The number of amides is 1. The average Bonchev–Trinajstić information content (AvgIpc) is 2.89. The average molecular weight is 472 g/mol. The fraction of sp³-hybridized carbons (Fsp3) is 0.259. The first-order valence-corrected chi connectivity index (χ1v) is 11.8. The number of fused-ring (bicyclic) bond motifs is 1. The van der Waals surface area contributed by atoms with Crippen molar-refractivity contribution in [3.63, 3.8) is 0 Å². The molecule has 0 spiro atoms. The number of nitrogens with zero attached hydrogens (tertiary/aromatic N) is 3. The molecule has 0 unspecified atom stereocenters. The lowest BCUT2D eigenvalue weighted by Crippen LogP contribution is -2.14. The van der Waals surface area contributed by atoms with Crippen molar-refractivity contribution in [3.8, 4) is 5.75 Å². The Morgan fingerprint density at radius 3 is 2.69 bits per heavy atom. The maximum Gasteiger partial charge on any atom is 0.411 e. The number of aromatic nitrogens is 3. The third-order valence-electron chi connectivity index (χ3n) is 5.37. The van der Waals surface area contributed by atoms with E-state index in [1.165, 1.54) is 0 Å². The topological polar surface area (TPSA) is 98.3 Å². The van der Waals surface area contributed by atoms with E-state index >= 15 is 0 Å². The van der Waals surface area contributed by atoms with Crippen LogP contribution in [-0.4, -0.2) is 27.7 Å². The highest BCUT2D eigenvalue weighted by Crippen LogP contribution is 2.32. The Balaban J connectivity index is 1.46. The molecule has 0 aliphatic rings. The van der Waals surface area contributed by atoms with Gasteiger partial charge in [0.2, 0.25) is 0 Å². The van der Waals surface area contributed by atoms with Gasteiger partial charge in [-0.15, -0.1) is 0 Å². The highest BCUT2D eigenvalue weighted by Gasteiger charge is 2.11. The minimum atomic E-state index is -0.455. The summed E-state index contributed by atoms with van der Waals surface area (Å²) < 4.78 is 11.4. The Morgan fingerprint density at radius 2 is 1.86 bits per heavy atom. The van der Waals surface area contributed by atoms with Gasteiger partial charge in [0.05, 0.1) is 24.2 Å². The van der Waals surface area contributed by atoms with Crippen molar-refractivity contribution in [2.45, 2.75) is 39.7 Å². The number of carbonyl (C=O) groups is 1. The Labute approximate surface area is 204 Å². The number of unbranched alkanes of at least 4 members (excludes halogenated alkanes) is 1. The van der Waals surface area contributed by atoms with Gasteiger partial charge in [-0.2, -0.15) is 0 Å². The van der Waals surface area contributed by atoms with E-state index in [1.54, 1.807) is 18.6 Å². The van der Waals surface area contributed by atoms with Crippen LogP contribution in [0.3, 0.4) is 0 Å². The lowest BCUT2D eigenvalue weighted by atomic mass is 10.1. The van der Waals surface area contributed by atoms with Crippen LogP contribution in [0.15, 0.2) is 67.1 Å². The predicted molar refractivity (Wildman–Crippen MR) is 137 cm³/mol. The van der Waals surface area contributed by atoms with E-state index in [0.717, 1.165) is 47.0 Å². The molecule has 0 aliphatic heterocycles. The molecule has 0 bridgehead atoms. The molecule has 2 aromatic carbocycles. The zero-order chi connectivity index (χ0) is 24.5. The molecule has 8 heteroatoms. The van der Waals surface area contributed by atoms with Crippen molar-refractivity contribution in [3.05, 3.63) is 78.4 Å². The first kappa shape index (κ1) is 23.9. The Hall–Kier alpha value is -4.20. The molecule has 0 radical (unpaired) electrons. The van der Waals surface area contributed by atoms with Gasteiger partial charge in [-0.05, 0) is 42.7 Å². The van der Waals surface area contributed by atoms with Crippen LogP contribution < -0.4 is 15.4 Å². The summed E-state index contributed by atoms with van der Waals surface area (Å²) in [5.41, 5.74) is 2.54. The second kappa shape index (κ2) is 11.8. The smallest absolute Gasteiger partial charge is 0.411 e. The fourth-order valence-corrected chi connectivity index (χ4v) is 3.52. The molecule has 0 fully saturated rings. The Kier molecular flexibility index (Phi) is 8.06. The van der Waals surface area contributed by atoms with Gasteiger partial charge >= 0.3 is 6.09 Å². The van der Waals surface area contributed by atoms with Gasteiger partial charge in [0.1, 0.15) is 24.0 Å². The predicted octanol–water partition coefficient (Wildman–Crippen LogP) is 6.26. The lowest BCUT2D eigenvalue weighted by Gasteiger charge is -2.14. The lowest BCUT2D eigenvalue weighted by molar-refractivity contribution is 0.160. The SMILES string of the molecule is CCCCOC(=O)Nc1ccc(OCc2ccnc(Nc3cncc(CC)n3)c2)c2ccccc12. The molecule has 0 aliphatic carbocycles. The highest BCUT2D eigenvalue weighted by molar-refractivity contribution is 6.02. The molecular formula is C27H29N5O3. The third kappa shape index (κ3) is 6.44. The quantitative estimate of drug-likeness (QED) is 0.263. The largest absolute Gasteiger partial charge is 0.488 e. The van der Waals surface area contributed by atoms with Crippen LogP contribution in [-0.2, 0) is 17.8 Å². The zero-order valence-corrected chi connectivity index (χ0v) is 20.0. The molecule has 4 aromatic rings. The molecule has 2 N–H and O–H groups in total. The molecule has 2 aromatic heterocycles. The molecule has 0 saturated heterocycles. The summed E-state index contributed by atoms with van der Waals surface area (Å²) in [6.45, 7) is 4.85. The molecule has 35 heavy (non-hydrogen) atoms. The number of pyridine rings is 1. The number of benzene rings is 2. The number of aryl methyl sites for hydroxylation is 1. The van der Waals surface area contributed by atoms with Gasteiger partial charge in [0.15, 0.2) is 0 Å². The summed E-state index contributed by atoms with van der Waals surface area (Å²) in [7, 11) is 0. The second-order valence-corrected chi connectivity index (χ2v) is 7.98. The standard InChI is InChI=1S/C27H29N5O3/c1-3-5-14-34-27(33)31-23-10-11-24(22-9-7-6-8-21(22)23)35-18-19-12-13-29-25(15-19)32-26-17-28-16-20(4-2)30-26/h6-13,15-17H,3-5,14,18H2,1-2H3,(H,31,33)(H,29,30,32). The van der Waals surface area contributed by atoms with Crippen molar-refractivity contribution in [2.24, 2.45) is 0 Å². The number of anilines is 3. The maximum absolute atomic E-state index is 12.1. The van der Waals surface area contributed by atoms with Gasteiger partial charge in [0.25, 0.3) is 0 Å². The summed E-state index contributed by atoms with van der Waals surface area (Å²) in [6, 6.07) is 15.3. The molecule has 1 amide bonds. The Bertz CT molecular complexity index is 1290. The van der Waals surface area contributed by atoms with Crippen molar-refractivity contribution >= 4 is 34.2 Å². The second-order valence-electron chi connectivity index (χ2n) is 7.98. The third-order valence-corrected chi connectivity index (χ3v) is 5.37. The maximum atomic E-state index is 12.1. The van der Waals surface area contributed by atoms with E-state index in [1.807, 2.05) is 55.5 Å². The normalized spacial score (nSPS) is 10.7. The number of carbonyl (C=O) groups excluding carboxylic acids is 1. The monoisotopic (exact) mass is 471 g/mol. The van der Waals surface area contributed by atoms with Crippen LogP contribution in [0.4, 0.5) is 22.1 Å². The van der Waals surface area contributed by atoms with Crippen molar-refractivity contribution in [1.29, 1.82) is 0 Å². The summed E-state index contributed by atoms with van der Waals surface area (Å²) in [5, 5.41) is 7.82. The van der Waals surface area contributed by atoms with Crippen LogP contribution in [0, 0.1) is 0 Å². The number of hydrogen-bond acceptors (Lipinski definition) is 7. The molecular weight excluding hydrogens is 442 g/mol. The summed E-state index contributed by atoms with van der Waals surface area (Å²) in [5.74, 6) is 2.04. The van der Waals surface area contributed by atoms with Gasteiger partial charge in [-0.25, -0.2) is 14.8 Å².